The van der Waals surface area contributed by atoms with E-state index in [2.05, 4.69) is 25.3 Å². The Balaban J connectivity index is 2.03. The number of rotatable bonds is 3. The first kappa shape index (κ1) is 12.4. The molecular formula is C13H20N2OS. The fourth-order valence-corrected chi connectivity index (χ4v) is 2.83. The Morgan fingerprint density at radius 2 is 2.18 bits per heavy atom. The van der Waals surface area contributed by atoms with Gasteiger partial charge < -0.3 is 9.80 Å². The van der Waals surface area contributed by atoms with E-state index in [0.717, 1.165) is 32.5 Å². The summed E-state index contributed by atoms with van der Waals surface area (Å²) in [7, 11) is 0. The van der Waals surface area contributed by atoms with E-state index in [1.165, 1.54) is 4.88 Å². The lowest BCUT2D eigenvalue weighted by atomic mass is 10.3. The van der Waals surface area contributed by atoms with Gasteiger partial charge in [0.2, 0.25) is 0 Å². The molecule has 0 N–H and O–H groups in total. The van der Waals surface area contributed by atoms with Crippen LogP contribution in [0.4, 0.5) is 4.79 Å². The number of likely N-dealkylation sites (tertiary alicyclic amines) is 1. The number of amides is 2. The van der Waals surface area contributed by atoms with Crippen LogP contribution in [-0.4, -0.2) is 35.0 Å². The lowest BCUT2D eigenvalue weighted by molar-refractivity contribution is 0.146. The van der Waals surface area contributed by atoms with Gasteiger partial charge in [0.05, 0.1) is 6.54 Å². The molecule has 0 radical (unpaired) electrons. The predicted octanol–water partition coefficient (Wildman–Crippen LogP) is 3.17. The zero-order valence-corrected chi connectivity index (χ0v) is 11.4. The molecule has 94 valence electrons. The molecular weight excluding hydrogens is 232 g/mol. The molecule has 3 nitrogen and oxygen atoms in total. The van der Waals surface area contributed by atoms with Gasteiger partial charge in [-0.05, 0) is 38.1 Å². The molecule has 0 aliphatic carbocycles. The van der Waals surface area contributed by atoms with E-state index in [1.807, 2.05) is 15.9 Å². The van der Waals surface area contributed by atoms with Gasteiger partial charge in [-0.3, -0.25) is 0 Å². The molecule has 1 saturated heterocycles. The van der Waals surface area contributed by atoms with Crippen molar-refractivity contribution in [3.05, 3.63) is 22.4 Å². The minimum absolute atomic E-state index is 0.200. The Morgan fingerprint density at radius 3 is 2.71 bits per heavy atom. The summed E-state index contributed by atoms with van der Waals surface area (Å²) >= 11 is 1.72. The summed E-state index contributed by atoms with van der Waals surface area (Å²) in [6.07, 6.45) is 2.30. The molecule has 0 aromatic carbocycles. The van der Waals surface area contributed by atoms with Crippen LogP contribution in [0.5, 0.6) is 0 Å². The molecule has 0 saturated carbocycles. The average Bonchev–Trinajstić information content (AvgIpc) is 2.97. The first-order valence-electron chi connectivity index (χ1n) is 6.26. The SMILES string of the molecule is CC(C)N(Cc1cccs1)C(=O)N1CCCC1. The van der Waals surface area contributed by atoms with Crippen LogP contribution >= 0.6 is 11.3 Å². The summed E-state index contributed by atoms with van der Waals surface area (Å²) < 4.78 is 0. The topological polar surface area (TPSA) is 23.6 Å². The molecule has 1 aliphatic heterocycles. The Kier molecular flexibility index (Phi) is 4.05. The lowest BCUT2D eigenvalue weighted by Crippen LogP contribution is -2.44. The maximum atomic E-state index is 12.4. The predicted molar refractivity (Wildman–Crippen MR) is 71.2 cm³/mol. The number of hydrogen-bond acceptors (Lipinski definition) is 2. The van der Waals surface area contributed by atoms with E-state index in [-0.39, 0.29) is 12.1 Å². The molecule has 0 spiro atoms. The molecule has 0 atom stereocenters. The van der Waals surface area contributed by atoms with Gasteiger partial charge in [-0.1, -0.05) is 6.07 Å². The highest BCUT2D eigenvalue weighted by Gasteiger charge is 2.25. The molecule has 17 heavy (non-hydrogen) atoms. The van der Waals surface area contributed by atoms with Crippen molar-refractivity contribution >= 4 is 17.4 Å². The second kappa shape index (κ2) is 5.54. The number of nitrogens with zero attached hydrogens (tertiary/aromatic N) is 2. The van der Waals surface area contributed by atoms with Crippen molar-refractivity contribution in [2.75, 3.05) is 13.1 Å². The fourth-order valence-electron chi connectivity index (χ4n) is 2.13. The zero-order valence-electron chi connectivity index (χ0n) is 10.6. The number of carbonyl (C=O) groups is 1. The van der Waals surface area contributed by atoms with Gasteiger partial charge in [0.1, 0.15) is 0 Å². The quantitative estimate of drug-likeness (QED) is 0.810. The first-order chi connectivity index (χ1) is 8.18. The summed E-state index contributed by atoms with van der Waals surface area (Å²) in [6.45, 7) is 6.76. The Labute approximate surface area is 107 Å². The molecule has 0 unspecified atom stereocenters. The van der Waals surface area contributed by atoms with Gasteiger partial charge in [-0.2, -0.15) is 0 Å². The lowest BCUT2D eigenvalue weighted by Gasteiger charge is -2.30. The van der Waals surface area contributed by atoms with Crippen LogP contribution in [0.2, 0.25) is 0 Å². The third-order valence-electron chi connectivity index (χ3n) is 3.15. The minimum atomic E-state index is 0.200. The van der Waals surface area contributed by atoms with Gasteiger partial charge in [0, 0.05) is 24.0 Å². The van der Waals surface area contributed by atoms with Crippen LogP contribution < -0.4 is 0 Å². The van der Waals surface area contributed by atoms with Crippen molar-refractivity contribution in [3.8, 4) is 0 Å². The van der Waals surface area contributed by atoms with E-state index in [4.69, 9.17) is 0 Å². The molecule has 2 rings (SSSR count). The largest absolute Gasteiger partial charge is 0.325 e. The number of carbonyl (C=O) groups excluding carboxylic acids is 1. The number of hydrogen-bond donors (Lipinski definition) is 0. The minimum Gasteiger partial charge on any atom is -0.325 e. The number of urea groups is 1. The highest BCUT2D eigenvalue weighted by Crippen LogP contribution is 2.18. The average molecular weight is 252 g/mol. The molecule has 2 heterocycles. The monoisotopic (exact) mass is 252 g/mol. The molecule has 1 fully saturated rings. The first-order valence-corrected chi connectivity index (χ1v) is 7.14. The van der Waals surface area contributed by atoms with Gasteiger partial charge in [-0.25, -0.2) is 4.79 Å². The Morgan fingerprint density at radius 1 is 1.47 bits per heavy atom. The van der Waals surface area contributed by atoms with Crippen molar-refractivity contribution in [2.45, 2.75) is 39.3 Å². The molecule has 1 aromatic rings. The van der Waals surface area contributed by atoms with Gasteiger partial charge in [-0.15, -0.1) is 11.3 Å². The standard InChI is InChI=1S/C13H20N2OS/c1-11(2)15(10-12-6-5-9-17-12)13(16)14-7-3-4-8-14/h5-6,9,11H,3-4,7-8,10H2,1-2H3. The number of thiophene rings is 1. The normalized spacial score (nSPS) is 15.6. The van der Waals surface area contributed by atoms with Crippen LogP contribution in [0, 0.1) is 0 Å². The summed E-state index contributed by atoms with van der Waals surface area (Å²) in [4.78, 5) is 17.6. The van der Waals surface area contributed by atoms with E-state index in [0.29, 0.717) is 0 Å². The second-order valence-corrected chi connectivity index (χ2v) is 5.81. The van der Waals surface area contributed by atoms with Gasteiger partial charge in [0.15, 0.2) is 0 Å². The highest BCUT2D eigenvalue weighted by atomic mass is 32.1. The van der Waals surface area contributed by atoms with Crippen molar-refractivity contribution in [1.82, 2.24) is 9.80 Å². The van der Waals surface area contributed by atoms with Crippen LogP contribution in [0.25, 0.3) is 0 Å². The Bertz CT molecular complexity index is 356. The third-order valence-corrected chi connectivity index (χ3v) is 4.01. The van der Waals surface area contributed by atoms with Crippen LogP contribution in [-0.2, 0) is 6.54 Å². The second-order valence-electron chi connectivity index (χ2n) is 4.78. The summed E-state index contributed by atoms with van der Waals surface area (Å²) in [5.74, 6) is 0. The maximum Gasteiger partial charge on any atom is 0.320 e. The Hall–Kier alpha value is -1.03. The summed E-state index contributed by atoms with van der Waals surface area (Å²) in [5, 5.41) is 2.06. The molecule has 4 heteroatoms. The van der Waals surface area contributed by atoms with Crippen molar-refractivity contribution < 1.29 is 4.79 Å². The van der Waals surface area contributed by atoms with Crippen molar-refractivity contribution in [1.29, 1.82) is 0 Å². The molecule has 1 aliphatic rings. The van der Waals surface area contributed by atoms with Crippen LogP contribution in [0.1, 0.15) is 31.6 Å². The molecule has 1 aromatic heterocycles. The third kappa shape index (κ3) is 3.00. The van der Waals surface area contributed by atoms with E-state index < -0.39 is 0 Å². The highest BCUT2D eigenvalue weighted by molar-refractivity contribution is 7.09. The van der Waals surface area contributed by atoms with Gasteiger partial charge >= 0.3 is 6.03 Å². The van der Waals surface area contributed by atoms with Crippen LogP contribution in [0.3, 0.4) is 0 Å². The maximum absolute atomic E-state index is 12.4. The van der Waals surface area contributed by atoms with E-state index in [9.17, 15) is 4.79 Å². The summed E-state index contributed by atoms with van der Waals surface area (Å²) in [5.41, 5.74) is 0. The van der Waals surface area contributed by atoms with E-state index in [1.54, 1.807) is 11.3 Å². The molecule has 0 bridgehead atoms. The zero-order chi connectivity index (χ0) is 12.3. The van der Waals surface area contributed by atoms with Crippen molar-refractivity contribution in [3.63, 3.8) is 0 Å². The molecule has 2 amide bonds. The fraction of sp³-hybridized carbons (Fsp3) is 0.615. The summed E-state index contributed by atoms with van der Waals surface area (Å²) in [6, 6.07) is 4.59. The van der Waals surface area contributed by atoms with Crippen molar-refractivity contribution in [2.24, 2.45) is 0 Å². The van der Waals surface area contributed by atoms with Crippen LogP contribution in [0.15, 0.2) is 17.5 Å². The van der Waals surface area contributed by atoms with Gasteiger partial charge in [0.25, 0.3) is 0 Å². The smallest absolute Gasteiger partial charge is 0.320 e. The van der Waals surface area contributed by atoms with E-state index >= 15 is 0 Å².